The lowest BCUT2D eigenvalue weighted by Gasteiger charge is -2.18. The van der Waals surface area contributed by atoms with Crippen LogP contribution < -0.4 is 5.32 Å². The van der Waals surface area contributed by atoms with Gasteiger partial charge in [0.25, 0.3) is 0 Å². The number of fused-ring (bicyclic) bond motifs is 3. The van der Waals surface area contributed by atoms with Crippen LogP contribution in [0.25, 0.3) is 10.9 Å². The minimum Gasteiger partial charge on any atom is -0.338 e. The van der Waals surface area contributed by atoms with E-state index >= 15 is 0 Å². The Morgan fingerprint density at radius 1 is 1.36 bits per heavy atom. The summed E-state index contributed by atoms with van der Waals surface area (Å²) in [7, 11) is 3.42. The quantitative estimate of drug-likeness (QED) is 0.714. The first-order chi connectivity index (χ1) is 13.5. The Labute approximate surface area is 162 Å². The number of aromatic nitrogens is 2. The van der Waals surface area contributed by atoms with Gasteiger partial charge in [0, 0.05) is 43.2 Å². The number of hydrogen-bond acceptors (Lipinski definition) is 3. The molecule has 0 fully saturated rings. The van der Waals surface area contributed by atoms with Gasteiger partial charge in [-0.2, -0.15) is 9.65 Å². The Morgan fingerprint density at radius 3 is 2.89 bits per heavy atom. The number of nitrogens with one attached hydrogen (secondary N) is 1. The number of benzene rings is 1. The molecule has 0 aliphatic heterocycles. The number of carbonyl (C=O) groups excluding carboxylic acids is 1. The number of nitriles is 1. The zero-order valence-corrected chi connectivity index (χ0v) is 15.7. The molecule has 2 amide bonds. The Balaban J connectivity index is 1.76. The summed E-state index contributed by atoms with van der Waals surface area (Å²) >= 11 is 0. The highest BCUT2D eigenvalue weighted by Crippen LogP contribution is 2.34. The molecule has 1 aliphatic carbocycles. The molecule has 142 valence electrons. The van der Waals surface area contributed by atoms with Crippen molar-refractivity contribution in [1.29, 1.82) is 5.26 Å². The lowest BCUT2D eigenvalue weighted by molar-refractivity contribution is 0.213. The number of pyridine rings is 1. The largest absolute Gasteiger partial charge is 0.338 e. The van der Waals surface area contributed by atoms with Gasteiger partial charge < -0.3 is 14.8 Å². The van der Waals surface area contributed by atoms with Gasteiger partial charge in [-0.25, -0.2) is 9.78 Å². The number of amides is 2. The van der Waals surface area contributed by atoms with Gasteiger partial charge in [-0.05, 0) is 42.3 Å². The third-order valence-electron chi connectivity index (χ3n) is 5.13. The molecule has 28 heavy (non-hydrogen) atoms. The molecule has 0 saturated carbocycles. The van der Waals surface area contributed by atoms with Crippen molar-refractivity contribution < 1.29 is 9.18 Å². The summed E-state index contributed by atoms with van der Waals surface area (Å²) < 4.78 is 15.7. The van der Waals surface area contributed by atoms with Crippen molar-refractivity contribution in [2.75, 3.05) is 14.1 Å². The van der Waals surface area contributed by atoms with E-state index in [0.717, 1.165) is 22.2 Å². The summed E-state index contributed by atoms with van der Waals surface area (Å²) in [4.78, 5) is 17.6. The van der Waals surface area contributed by atoms with Gasteiger partial charge in [0.2, 0.25) is 5.95 Å². The lowest BCUT2D eigenvalue weighted by atomic mass is 10.1. The van der Waals surface area contributed by atoms with Crippen LogP contribution in [0, 0.1) is 17.3 Å². The fourth-order valence-electron chi connectivity index (χ4n) is 3.85. The van der Waals surface area contributed by atoms with E-state index in [-0.39, 0.29) is 12.1 Å². The summed E-state index contributed by atoms with van der Waals surface area (Å²) in [6.07, 6.45) is 1.38. The van der Waals surface area contributed by atoms with Crippen LogP contribution in [0.3, 0.4) is 0 Å². The number of hydrogen-bond donors (Lipinski definition) is 1. The second-order valence-electron chi connectivity index (χ2n) is 7.26. The molecule has 3 aromatic rings. The first-order valence-electron chi connectivity index (χ1n) is 9.09. The standard InChI is InChI=1S/C21H20FN5O/c1-26(2)21(28)25-15-9-17-16-8-13(11-23)6-7-18(16)27(19(17)10-15)12-14-4-3-5-20(22)24-14/h3-8,15H,9-10,12H2,1-2H3,(H,25,28). The van der Waals surface area contributed by atoms with E-state index in [0.29, 0.717) is 30.6 Å². The lowest BCUT2D eigenvalue weighted by Crippen LogP contribution is -2.42. The molecule has 1 atom stereocenters. The maximum atomic E-state index is 13.6. The second kappa shape index (κ2) is 6.97. The van der Waals surface area contributed by atoms with Crippen molar-refractivity contribution in [1.82, 2.24) is 19.8 Å². The molecule has 4 rings (SSSR count). The van der Waals surface area contributed by atoms with Gasteiger partial charge in [-0.1, -0.05) is 6.07 Å². The van der Waals surface area contributed by atoms with E-state index in [4.69, 9.17) is 0 Å². The molecule has 2 heterocycles. The molecule has 2 aromatic heterocycles. The monoisotopic (exact) mass is 377 g/mol. The van der Waals surface area contributed by atoms with E-state index in [1.54, 1.807) is 32.3 Å². The summed E-state index contributed by atoms with van der Waals surface area (Å²) in [6.45, 7) is 0.434. The molecule has 1 unspecified atom stereocenters. The summed E-state index contributed by atoms with van der Waals surface area (Å²) in [5.74, 6) is -0.506. The zero-order chi connectivity index (χ0) is 19.8. The molecule has 0 radical (unpaired) electrons. The number of nitrogens with zero attached hydrogens (tertiary/aromatic N) is 4. The minimum atomic E-state index is -0.506. The van der Waals surface area contributed by atoms with E-state index < -0.39 is 5.95 Å². The molecule has 1 aliphatic rings. The van der Waals surface area contributed by atoms with E-state index in [2.05, 4.69) is 20.9 Å². The predicted octanol–water partition coefficient (Wildman–Crippen LogP) is 2.83. The average molecular weight is 377 g/mol. The van der Waals surface area contributed by atoms with Crippen LogP contribution in [0.4, 0.5) is 9.18 Å². The number of rotatable bonds is 3. The van der Waals surface area contributed by atoms with Crippen LogP contribution in [0.1, 0.15) is 22.5 Å². The van der Waals surface area contributed by atoms with Crippen molar-refractivity contribution in [3.8, 4) is 6.07 Å². The normalized spacial score (nSPS) is 15.3. The summed E-state index contributed by atoms with van der Waals surface area (Å²) in [5.41, 5.74) is 4.45. The van der Waals surface area contributed by atoms with E-state index in [1.165, 1.54) is 11.0 Å². The maximum absolute atomic E-state index is 13.6. The minimum absolute atomic E-state index is 0.0123. The predicted molar refractivity (Wildman–Crippen MR) is 103 cm³/mol. The Hall–Kier alpha value is -3.40. The van der Waals surface area contributed by atoms with Gasteiger partial charge >= 0.3 is 6.03 Å². The first-order valence-corrected chi connectivity index (χ1v) is 9.09. The second-order valence-corrected chi connectivity index (χ2v) is 7.26. The molecular weight excluding hydrogens is 357 g/mol. The third-order valence-corrected chi connectivity index (χ3v) is 5.13. The maximum Gasteiger partial charge on any atom is 0.317 e. The zero-order valence-electron chi connectivity index (χ0n) is 15.7. The van der Waals surface area contributed by atoms with Crippen LogP contribution in [-0.2, 0) is 19.4 Å². The molecule has 0 spiro atoms. The van der Waals surface area contributed by atoms with Crippen LogP contribution in [0.5, 0.6) is 0 Å². The number of carbonyl (C=O) groups is 1. The SMILES string of the molecule is CN(C)C(=O)NC1Cc2c(n(Cc3cccc(F)n3)c3ccc(C#N)cc23)C1. The molecule has 0 bridgehead atoms. The van der Waals surface area contributed by atoms with Crippen molar-refractivity contribution in [2.24, 2.45) is 0 Å². The van der Waals surface area contributed by atoms with Crippen molar-refractivity contribution in [3.63, 3.8) is 0 Å². The van der Waals surface area contributed by atoms with Gasteiger partial charge in [-0.15, -0.1) is 0 Å². The van der Waals surface area contributed by atoms with Gasteiger partial charge in [0.05, 0.1) is 23.9 Å². The van der Waals surface area contributed by atoms with Gasteiger partial charge in [0.15, 0.2) is 0 Å². The Morgan fingerprint density at radius 2 is 2.18 bits per heavy atom. The fraction of sp³-hybridized carbons (Fsp3) is 0.286. The average Bonchev–Trinajstić information content (AvgIpc) is 3.19. The topological polar surface area (TPSA) is 74.0 Å². The van der Waals surface area contributed by atoms with E-state index in [9.17, 15) is 14.4 Å². The molecule has 6 nitrogen and oxygen atoms in total. The van der Waals surface area contributed by atoms with Gasteiger partial charge in [0.1, 0.15) is 0 Å². The first kappa shape index (κ1) is 18.0. The Bertz CT molecular complexity index is 1110. The fourth-order valence-corrected chi connectivity index (χ4v) is 3.85. The molecule has 7 heteroatoms. The van der Waals surface area contributed by atoms with E-state index in [1.807, 2.05) is 12.1 Å². The van der Waals surface area contributed by atoms with Crippen molar-refractivity contribution >= 4 is 16.9 Å². The van der Waals surface area contributed by atoms with Crippen LogP contribution in [-0.4, -0.2) is 40.6 Å². The smallest absolute Gasteiger partial charge is 0.317 e. The molecule has 1 aromatic carbocycles. The van der Waals surface area contributed by atoms with Gasteiger partial charge in [-0.3, -0.25) is 0 Å². The molecule has 1 N–H and O–H groups in total. The van der Waals surface area contributed by atoms with Crippen LogP contribution >= 0.6 is 0 Å². The van der Waals surface area contributed by atoms with Crippen molar-refractivity contribution in [2.45, 2.75) is 25.4 Å². The van der Waals surface area contributed by atoms with Crippen molar-refractivity contribution in [3.05, 3.63) is 64.9 Å². The summed E-state index contributed by atoms with van der Waals surface area (Å²) in [6, 6.07) is 12.4. The highest BCUT2D eigenvalue weighted by Gasteiger charge is 2.30. The number of urea groups is 1. The molecule has 0 saturated heterocycles. The van der Waals surface area contributed by atoms with Crippen LogP contribution in [0.2, 0.25) is 0 Å². The van der Waals surface area contributed by atoms with Crippen LogP contribution in [0.15, 0.2) is 36.4 Å². The Kier molecular flexibility index (Phi) is 4.47. The number of halogens is 1. The summed E-state index contributed by atoms with van der Waals surface area (Å²) in [5, 5.41) is 13.3. The highest BCUT2D eigenvalue weighted by molar-refractivity contribution is 5.88. The molecular formula is C21H20FN5O. The third kappa shape index (κ3) is 3.18. The highest BCUT2D eigenvalue weighted by atomic mass is 19.1.